The molecule has 154 valence electrons. The number of hydrogen-bond donors (Lipinski definition) is 2. The molecular weight excluding hydrogens is 380 g/mol. The van der Waals surface area contributed by atoms with Gasteiger partial charge in [0.1, 0.15) is 6.54 Å². The molecule has 0 unspecified atom stereocenters. The van der Waals surface area contributed by atoms with E-state index in [4.69, 9.17) is 0 Å². The maximum atomic E-state index is 12.5. The van der Waals surface area contributed by atoms with Crippen molar-refractivity contribution in [1.29, 1.82) is 0 Å². The van der Waals surface area contributed by atoms with Gasteiger partial charge in [0.05, 0.1) is 5.69 Å². The summed E-state index contributed by atoms with van der Waals surface area (Å²) in [7, 11) is 0. The molecule has 7 nitrogen and oxygen atoms in total. The van der Waals surface area contributed by atoms with Crippen LogP contribution in [0.2, 0.25) is 0 Å². The van der Waals surface area contributed by atoms with Gasteiger partial charge in [-0.3, -0.25) is 14.4 Å². The van der Waals surface area contributed by atoms with Gasteiger partial charge in [0.2, 0.25) is 11.8 Å². The van der Waals surface area contributed by atoms with Crippen molar-refractivity contribution in [2.75, 3.05) is 10.6 Å². The molecule has 2 amide bonds. The first-order valence-corrected chi connectivity index (χ1v) is 9.56. The molecule has 0 aliphatic carbocycles. The van der Waals surface area contributed by atoms with E-state index in [0.717, 1.165) is 26.9 Å². The van der Waals surface area contributed by atoms with Gasteiger partial charge in [0, 0.05) is 29.9 Å². The Kier molecular flexibility index (Phi) is 6.11. The lowest BCUT2D eigenvalue weighted by molar-refractivity contribution is -0.117. The van der Waals surface area contributed by atoms with Crippen molar-refractivity contribution in [3.8, 4) is 11.3 Å². The van der Waals surface area contributed by atoms with Gasteiger partial charge in [-0.1, -0.05) is 18.2 Å². The Morgan fingerprint density at radius 3 is 2.30 bits per heavy atom. The van der Waals surface area contributed by atoms with Crippen molar-refractivity contribution < 1.29 is 9.59 Å². The molecule has 0 fully saturated rings. The van der Waals surface area contributed by atoms with Gasteiger partial charge in [-0.2, -0.15) is 5.10 Å². The molecule has 0 bridgehead atoms. The fourth-order valence-electron chi connectivity index (χ4n) is 3.21. The van der Waals surface area contributed by atoms with Crippen molar-refractivity contribution in [2.45, 2.75) is 34.2 Å². The second-order valence-corrected chi connectivity index (χ2v) is 7.35. The van der Waals surface area contributed by atoms with E-state index in [1.165, 1.54) is 13.0 Å². The van der Waals surface area contributed by atoms with Crippen LogP contribution in [0.1, 0.15) is 23.6 Å². The lowest BCUT2D eigenvalue weighted by Crippen LogP contribution is -2.29. The number of carbonyl (C=O) groups excluding carboxylic acids is 2. The zero-order valence-electron chi connectivity index (χ0n) is 17.4. The minimum absolute atomic E-state index is 0.170. The van der Waals surface area contributed by atoms with Crippen LogP contribution in [0.25, 0.3) is 11.3 Å². The minimum Gasteiger partial charge on any atom is -0.326 e. The van der Waals surface area contributed by atoms with Crippen LogP contribution < -0.4 is 16.2 Å². The lowest BCUT2D eigenvalue weighted by atomic mass is 10.1. The summed E-state index contributed by atoms with van der Waals surface area (Å²) in [6.07, 6.45) is 0. The maximum absolute atomic E-state index is 12.5. The van der Waals surface area contributed by atoms with Crippen molar-refractivity contribution in [3.63, 3.8) is 0 Å². The first kappa shape index (κ1) is 21.0. The van der Waals surface area contributed by atoms with Gasteiger partial charge in [0.25, 0.3) is 5.56 Å². The summed E-state index contributed by atoms with van der Waals surface area (Å²) in [6, 6.07) is 14.2. The standard InChI is InChI=1S/C23H24N4O3/c1-14-9-15(2)11-19(10-14)25-22(29)13-27-23(30)8-7-20(26-27)18-6-5-16(3)21(12-18)24-17(4)28/h5-12H,13H2,1-4H3,(H,24,28)(H,25,29). The predicted octanol–water partition coefficient (Wildman–Crippen LogP) is 3.43. The molecule has 0 aliphatic heterocycles. The molecular formula is C23H24N4O3. The fraction of sp³-hybridized carbons (Fsp3) is 0.217. The van der Waals surface area contributed by atoms with Gasteiger partial charge in [-0.15, -0.1) is 0 Å². The highest BCUT2D eigenvalue weighted by atomic mass is 16.2. The highest BCUT2D eigenvalue weighted by Crippen LogP contribution is 2.23. The second-order valence-electron chi connectivity index (χ2n) is 7.35. The van der Waals surface area contributed by atoms with Crippen LogP contribution in [0.3, 0.4) is 0 Å². The molecule has 2 N–H and O–H groups in total. The molecule has 3 aromatic rings. The van der Waals surface area contributed by atoms with Crippen LogP contribution in [0.15, 0.2) is 53.3 Å². The zero-order valence-corrected chi connectivity index (χ0v) is 17.4. The van der Waals surface area contributed by atoms with Gasteiger partial charge in [-0.05, 0) is 61.7 Å². The molecule has 30 heavy (non-hydrogen) atoms. The number of nitrogens with zero attached hydrogens (tertiary/aromatic N) is 2. The molecule has 0 atom stereocenters. The number of nitrogens with one attached hydrogen (secondary N) is 2. The fourth-order valence-corrected chi connectivity index (χ4v) is 3.21. The normalized spacial score (nSPS) is 10.5. The van der Waals surface area contributed by atoms with Crippen LogP contribution in [0.4, 0.5) is 11.4 Å². The zero-order chi connectivity index (χ0) is 21.8. The van der Waals surface area contributed by atoms with E-state index in [-0.39, 0.29) is 23.9 Å². The molecule has 3 rings (SSSR count). The average Bonchev–Trinajstić information content (AvgIpc) is 2.64. The van der Waals surface area contributed by atoms with Crippen molar-refractivity contribution in [2.24, 2.45) is 0 Å². The molecule has 0 spiro atoms. The number of aromatic nitrogens is 2. The molecule has 1 heterocycles. The van der Waals surface area contributed by atoms with E-state index in [1.807, 2.05) is 51.1 Å². The Bertz CT molecular complexity index is 1160. The predicted molar refractivity (Wildman–Crippen MR) is 118 cm³/mol. The number of rotatable bonds is 5. The van der Waals surface area contributed by atoms with Crippen LogP contribution in [-0.2, 0) is 16.1 Å². The van der Waals surface area contributed by atoms with E-state index in [0.29, 0.717) is 17.1 Å². The Morgan fingerprint density at radius 2 is 1.63 bits per heavy atom. The average molecular weight is 404 g/mol. The van der Waals surface area contributed by atoms with E-state index >= 15 is 0 Å². The molecule has 2 aromatic carbocycles. The number of anilines is 2. The third-order valence-corrected chi connectivity index (χ3v) is 4.51. The Balaban J connectivity index is 1.84. The summed E-state index contributed by atoms with van der Waals surface area (Å²) in [6.45, 7) is 7.04. The number of hydrogen-bond acceptors (Lipinski definition) is 4. The minimum atomic E-state index is -0.372. The highest BCUT2D eigenvalue weighted by molar-refractivity contribution is 5.91. The Morgan fingerprint density at radius 1 is 0.933 bits per heavy atom. The van der Waals surface area contributed by atoms with Gasteiger partial charge in [-0.25, -0.2) is 4.68 Å². The van der Waals surface area contributed by atoms with Crippen LogP contribution in [-0.4, -0.2) is 21.6 Å². The summed E-state index contributed by atoms with van der Waals surface area (Å²) in [4.78, 5) is 36.1. The summed E-state index contributed by atoms with van der Waals surface area (Å²) in [5, 5.41) is 9.93. The van der Waals surface area contributed by atoms with Crippen LogP contribution >= 0.6 is 0 Å². The Hall–Kier alpha value is -3.74. The van der Waals surface area contributed by atoms with E-state index in [9.17, 15) is 14.4 Å². The number of carbonyl (C=O) groups is 2. The van der Waals surface area contributed by atoms with Crippen molar-refractivity contribution in [3.05, 3.63) is 75.6 Å². The van der Waals surface area contributed by atoms with Crippen LogP contribution in [0, 0.1) is 20.8 Å². The lowest BCUT2D eigenvalue weighted by Gasteiger charge is -2.11. The van der Waals surface area contributed by atoms with Crippen molar-refractivity contribution in [1.82, 2.24) is 9.78 Å². The molecule has 0 saturated carbocycles. The molecule has 1 aromatic heterocycles. The second kappa shape index (κ2) is 8.73. The van der Waals surface area contributed by atoms with Crippen LogP contribution in [0.5, 0.6) is 0 Å². The van der Waals surface area contributed by atoms with Gasteiger partial charge in [0.15, 0.2) is 0 Å². The summed E-state index contributed by atoms with van der Waals surface area (Å²) in [5.74, 6) is -0.508. The molecule has 0 saturated heterocycles. The third kappa shape index (κ3) is 5.20. The first-order valence-electron chi connectivity index (χ1n) is 9.56. The number of benzene rings is 2. The van der Waals surface area contributed by atoms with E-state index in [1.54, 1.807) is 12.1 Å². The van der Waals surface area contributed by atoms with E-state index < -0.39 is 0 Å². The summed E-state index contributed by atoms with van der Waals surface area (Å²) >= 11 is 0. The van der Waals surface area contributed by atoms with Crippen molar-refractivity contribution >= 4 is 23.2 Å². The molecule has 0 aliphatic rings. The van der Waals surface area contributed by atoms with Gasteiger partial charge < -0.3 is 10.6 Å². The van der Waals surface area contributed by atoms with Gasteiger partial charge >= 0.3 is 0 Å². The summed E-state index contributed by atoms with van der Waals surface area (Å²) in [5.41, 5.74) is 5.23. The third-order valence-electron chi connectivity index (χ3n) is 4.51. The highest BCUT2D eigenvalue weighted by Gasteiger charge is 2.10. The number of aryl methyl sites for hydroxylation is 3. The number of amides is 2. The monoisotopic (exact) mass is 404 g/mol. The Labute approximate surface area is 174 Å². The maximum Gasteiger partial charge on any atom is 0.267 e. The molecule has 0 radical (unpaired) electrons. The quantitative estimate of drug-likeness (QED) is 0.681. The topological polar surface area (TPSA) is 93.1 Å². The molecule has 7 heteroatoms. The van der Waals surface area contributed by atoms with E-state index in [2.05, 4.69) is 15.7 Å². The summed E-state index contributed by atoms with van der Waals surface area (Å²) < 4.78 is 1.13. The first-order chi connectivity index (χ1) is 14.2. The SMILES string of the molecule is CC(=O)Nc1cc(-c2ccc(=O)n(CC(=O)Nc3cc(C)cc(C)c3)n2)ccc1C. The smallest absolute Gasteiger partial charge is 0.267 e. The largest absolute Gasteiger partial charge is 0.326 e.